The van der Waals surface area contributed by atoms with Gasteiger partial charge in [0.05, 0.1) is 17.4 Å². The Morgan fingerprint density at radius 3 is 2.50 bits per heavy atom. The number of benzene rings is 1. The van der Waals surface area contributed by atoms with Crippen LogP contribution in [0, 0.1) is 10.1 Å². The van der Waals surface area contributed by atoms with Crippen molar-refractivity contribution >= 4 is 12.0 Å². The van der Waals surface area contributed by atoms with Crippen molar-refractivity contribution in [2.24, 2.45) is 0 Å². The second-order valence-electron chi connectivity index (χ2n) is 3.95. The molecule has 0 bridgehead atoms. The van der Waals surface area contributed by atoms with Crippen LogP contribution in [0.4, 0.5) is 5.69 Å². The van der Waals surface area contributed by atoms with Crippen LogP contribution < -0.4 is 4.74 Å². The standard InChI is InChI=1S/C11H13NO4/c1-11(2,7-13)8-5-4-6-9(16-3)10(8)12(14)15/h4-7H,1-3H3. The van der Waals surface area contributed by atoms with Crippen molar-refractivity contribution < 1.29 is 14.5 Å². The summed E-state index contributed by atoms with van der Waals surface area (Å²) in [5.74, 6) is 0.164. The van der Waals surface area contributed by atoms with Crippen LogP contribution in [0.25, 0.3) is 0 Å². The Morgan fingerprint density at radius 2 is 2.06 bits per heavy atom. The Morgan fingerprint density at radius 1 is 1.44 bits per heavy atom. The molecule has 0 amide bonds. The molecule has 0 heterocycles. The number of nitro benzene ring substituents is 1. The molecule has 0 radical (unpaired) electrons. The maximum absolute atomic E-state index is 11.0. The summed E-state index contributed by atoms with van der Waals surface area (Å²) in [6, 6.07) is 4.70. The van der Waals surface area contributed by atoms with Gasteiger partial charge in [0, 0.05) is 5.56 Å². The fourth-order valence-corrected chi connectivity index (χ4v) is 1.46. The van der Waals surface area contributed by atoms with E-state index in [9.17, 15) is 14.9 Å². The summed E-state index contributed by atoms with van der Waals surface area (Å²) in [4.78, 5) is 21.4. The molecule has 0 spiro atoms. The molecule has 16 heavy (non-hydrogen) atoms. The first-order valence-electron chi connectivity index (χ1n) is 4.72. The highest BCUT2D eigenvalue weighted by Gasteiger charge is 2.31. The van der Waals surface area contributed by atoms with Gasteiger partial charge < -0.3 is 9.53 Å². The van der Waals surface area contributed by atoms with Gasteiger partial charge in [-0.2, -0.15) is 0 Å². The van der Waals surface area contributed by atoms with E-state index in [0.29, 0.717) is 11.8 Å². The second kappa shape index (κ2) is 4.30. The molecule has 0 N–H and O–H groups in total. The largest absolute Gasteiger partial charge is 0.490 e. The van der Waals surface area contributed by atoms with Crippen LogP contribution in [0.1, 0.15) is 19.4 Å². The Balaban J connectivity index is 3.51. The third-order valence-corrected chi connectivity index (χ3v) is 2.39. The number of ether oxygens (including phenoxy) is 1. The van der Waals surface area contributed by atoms with E-state index in [-0.39, 0.29) is 11.4 Å². The van der Waals surface area contributed by atoms with E-state index >= 15 is 0 Å². The van der Waals surface area contributed by atoms with E-state index in [0.717, 1.165) is 0 Å². The van der Waals surface area contributed by atoms with Crippen LogP contribution in [0.15, 0.2) is 18.2 Å². The van der Waals surface area contributed by atoms with Crippen LogP contribution in [0.2, 0.25) is 0 Å². The molecule has 86 valence electrons. The van der Waals surface area contributed by atoms with Crippen LogP contribution in [-0.2, 0) is 10.2 Å². The summed E-state index contributed by atoms with van der Waals surface area (Å²) >= 11 is 0. The average molecular weight is 223 g/mol. The smallest absolute Gasteiger partial charge is 0.315 e. The molecule has 5 nitrogen and oxygen atoms in total. The summed E-state index contributed by atoms with van der Waals surface area (Å²) in [6.45, 7) is 3.25. The predicted molar refractivity (Wildman–Crippen MR) is 58.7 cm³/mol. The lowest BCUT2D eigenvalue weighted by Gasteiger charge is -2.18. The highest BCUT2D eigenvalue weighted by molar-refractivity contribution is 5.72. The van der Waals surface area contributed by atoms with Crippen molar-refractivity contribution in [1.29, 1.82) is 0 Å². The average Bonchev–Trinajstić information content (AvgIpc) is 2.27. The first-order chi connectivity index (χ1) is 7.44. The van der Waals surface area contributed by atoms with Gasteiger partial charge in [0.2, 0.25) is 0 Å². The summed E-state index contributed by atoms with van der Waals surface area (Å²) in [5, 5.41) is 11.0. The highest BCUT2D eigenvalue weighted by Crippen LogP contribution is 2.36. The van der Waals surface area contributed by atoms with Gasteiger partial charge in [0.1, 0.15) is 6.29 Å². The van der Waals surface area contributed by atoms with E-state index in [4.69, 9.17) is 4.74 Å². The van der Waals surface area contributed by atoms with Crippen molar-refractivity contribution in [2.75, 3.05) is 7.11 Å². The molecule has 0 atom stereocenters. The monoisotopic (exact) mass is 223 g/mol. The Kier molecular flexibility index (Phi) is 3.27. The molecule has 0 saturated carbocycles. The molecule has 0 fully saturated rings. The van der Waals surface area contributed by atoms with Gasteiger partial charge >= 0.3 is 5.69 Å². The Bertz CT molecular complexity index is 426. The zero-order chi connectivity index (χ0) is 12.3. The van der Waals surface area contributed by atoms with Gasteiger partial charge in [-0.25, -0.2) is 0 Å². The van der Waals surface area contributed by atoms with E-state index in [1.165, 1.54) is 13.2 Å². The zero-order valence-corrected chi connectivity index (χ0v) is 9.39. The number of carbonyl (C=O) groups excluding carboxylic acids is 1. The van der Waals surface area contributed by atoms with E-state index < -0.39 is 10.3 Å². The van der Waals surface area contributed by atoms with E-state index in [1.54, 1.807) is 26.0 Å². The second-order valence-corrected chi connectivity index (χ2v) is 3.95. The first-order valence-corrected chi connectivity index (χ1v) is 4.72. The molecule has 5 heteroatoms. The van der Waals surface area contributed by atoms with Crippen LogP contribution in [-0.4, -0.2) is 18.3 Å². The SMILES string of the molecule is COc1cccc(C(C)(C)C=O)c1[N+](=O)[O-]. The third kappa shape index (κ3) is 2.03. The molecule has 1 rings (SSSR count). The maximum Gasteiger partial charge on any atom is 0.315 e. The number of carbonyl (C=O) groups is 1. The van der Waals surface area contributed by atoms with Gasteiger partial charge in [-0.15, -0.1) is 0 Å². The number of rotatable bonds is 4. The summed E-state index contributed by atoms with van der Waals surface area (Å²) in [5.41, 5.74) is -0.703. The minimum atomic E-state index is -0.906. The molecule has 0 aromatic heterocycles. The number of methoxy groups -OCH3 is 1. The number of hydrogen-bond acceptors (Lipinski definition) is 4. The number of nitro groups is 1. The third-order valence-electron chi connectivity index (χ3n) is 2.39. The fraction of sp³-hybridized carbons (Fsp3) is 0.364. The topological polar surface area (TPSA) is 69.4 Å². The molecule has 0 saturated heterocycles. The van der Waals surface area contributed by atoms with Crippen LogP contribution >= 0.6 is 0 Å². The molecule has 0 aliphatic carbocycles. The molecule has 1 aromatic rings. The molecule has 0 aliphatic heterocycles. The lowest BCUT2D eigenvalue weighted by atomic mass is 9.85. The predicted octanol–water partition coefficient (Wildman–Crippen LogP) is 2.08. The molecular formula is C11H13NO4. The Labute approximate surface area is 93.2 Å². The lowest BCUT2D eigenvalue weighted by molar-refractivity contribution is -0.386. The van der Waals surface area contributed by atoms with Crippen molar-refractivity contribution in [3.8, 4) is 5.75 Å². The van der Waals surface area contributed by atoms with Gasteiger partial charge in [0.15, 0.2) is 5.75 Å². The van der Waals surface area contributed by atoms with E-state index in [2.05, 4.69) is 0 Å². The van der Waals surface area contributed by atoms with E-state index in [1.807, 2.05) is 0 Å². The summed E-state index contributed by atoms with van der Waals surface area (Å²) in [7, 11) is 1.36. The summed E-state index contributed by atoms with van der Waals surface area (Å²) in [6.07, 6.45) is 0.689. The van der Waals surface area contributed by atoms with Crippen LogP contribution in [0.3, 0.4) is 0 Å². The first kappa shape index (κ1) is 12.2. The normalized spacial score (nSPS) is 10.9. The maximum atomic E-state index is 11.0. The number of hydrogen-bond donors (Lipinski definition) is 0. The highest BCUT2D eigenvalue weighted by atomic mass is 16.6. The fourth-order valence-electron chi connectivity index (χ4n) is 1.46. The summed E-state index contributed by atoms with van der Waals surface area (Å²) < 4.78 is 4.93. The molecule has 0 aliphatic rings. The number of aldehydes is 1. The quantitative estimate of drug-likeness (QED) is 0.445. The molecule has 0 unspecified atom stereocenters. The van der Waals surface area contributed by atoms with Crippen molar-refractivity contribution in [3.63, 3.8) is 0 Å². The minimum absolute atomic E-state index is 0.151. The Hall–Kier alpha value is -1.91. The molecule has 1 aromatic carbocycles. The van der Waals surface area contributed by atoms with Gasteiger partial charge in [0.25, 0.3) is 0 Å². The van der Waals surface area contributed by atoms with Crippen LogP contribution in [0.5, 0.6) is 5.75 Å². The minimum Gasteiger partial charge on any atom is -0.490 e. The number of para-hydroxylation sites is 1. The zero-order valence-electron chi connectivity index (χ0n) is 9.39. The van der Waals surface area contributed by atoms with Crippen molar-refractivity contribution in [1.82, 2.24) is 0 Å². The molecular weight excluding hydrogens is 210 g/mol. The van der Waals surface area contributed by atoms with Gasteiger partial charge in [-0.3, -0.25) is 10.1 Å². The van der Waals surface area contributed by atoms with Crippen molar-refractivity contribution in [2.45, 2.75) is 19.3 Å². The van der Waals surface area contributed by atoms with Gasteiger partial charge in [-0.1, -0.05) is 12.1 Å². The lowest BCUT2D eigenvalue weighted by Crippen LogP contribution is -2.20. The van der Waals surface area contributed by atoms with Crippen molar-refractivity contribution in [3.05, 3.63) is 33.9 Å². The van der Waals surface area contributed by atoms with Gasteiger partial charge in [-0.05, 0) is 19.9 Å². The number of nitrogens with zero attached hydrogens (tertiary/aromatic N) is 1.